The Morgan fingerprint density at radius 3 is 2.79 bits per heavy atom. The quantitative estimate of drug-likeness (QED) is 0.886. The van der Waals surface area contributed by atoms with Crippen molar-refractivity contribution in [2.45, 2.75) is 31.7 Å². The lowest BCUT2D eigenvalue weighted by Gasteiger charge is -2.09. The number of furan rings is 1. The van der Waals surface area contributed by atoms with Gasteiger partial charge in [-0.25, -0.2) is 0 Å². The predicted octanol–water partition coefficient (Wildman–Crippen LogP) is 2.71. The van der Waals surface area contributed by atoms with E-state index in [2.05, 4.69) is 21.2 Å². The SMILES string of the molecule is O=C(NC1CCCC1)c1coc(Br)c1. The Kier molecular flexibility index (Phi) is 2.91. The van der Waals surface area contributed by atoms with Gasteiger partial charge in [0.05, 0.1) is 5.56 Å². The summed E-state index contributed by atoms with van der Waals surface area (Å²) in [6.45, 7) is 0. The van der Waals surface area contributed by atoms with Crippen LogP contribution in [0, 0.1) is 0 Å². The van der Waals surface area contributed by atoms with E-state index in [4.69, 9.17) is 4.42 Å². The van der Waals surface area contributed by atoms with E-state index in [1.54, 1.807) is 6.07 Å². The largest absolute Gasteiger partial charge is 0.457 e. The molecule has 3 nitrogen and oxygen atoms in total. The average Bonchev–Trinajstić information content (AvgIpc) is 2.75. The lowest BCUT2D eigenvalue weighted by Crippen LogP contribution is -2.32. The van der Waals surface area contributed by atoms with Gasteiger partial charge in [0.2, 0.25) is 0 Å². The molecule has 1 amide bonds. The highest BCUT2D eigenvalue weighted by molar-refractivity contribution is 9.10. The van der Waals surface area contributed by atoms with Gasteiger partial charge in [0, 0.05) is 12.1 Å². The third-order valence-corrected chi connectivity index (χ3v) is 2.94. The number of amides is 1. The van der Waals surface area contributed by atoms with Crippen molar-refractivity contribution in [1.82, 2.24) is 5.32 Å². The molecule has 0 aromatic carbocycles. The molecule has 0 spiro atoms. The Hall–Kier alpha value is -0.770. The Labute approximate surface area is 91.0 Å². The van der Waals surface area contributed by atoms with Gasteiger partial charge in [0.15, 0.2) is 4.67 Å². The fourth-order valence-corrected chi connectivity index (χ4v) is 2.11. The maximum atomic E-state index is 11.6. The second-order valence-electron chi connectivity index (χ2n) is 3.59. The fourth-order valence-electron chi connectivity index (χ4n) is 1.77. The van der Waals surface area contributed by atoms with E-state index in [1.807, 2.05) is 0 Å². The van der Waals surface area contributed by atoms with Gasteiger partial charge in [0.1, 0.15) is 6.26 Å². The number of hydrogen-bond donors (Lipinski definition) is 1. The van der Waals surface area contributed by atoms with Gasteiger partial charge in [-0.15, -0.1) is 0 Å². The predicted molar refractivity (Wildman–Crippen MR) is 56.1 cm³/mol. The molecule has 0 unspecified atom stereocenters. The van der Waals surface area contributed by atoms with Crippen molar-refractivity contribution in [3.63, 3.8) is 0 Å². The summed E-state index contributed by atoms with van der Waals surface area (Å²) in [5.74, 6) is -0.0358. The molecule has 1 N–H and O–H groups in total. The molecule has 0 radical (unpaired) electrons. The first kappa shape index (κ1) is 9.77. The van der Waals surface area contributed by atoms with Crippen molar-refractivity contribution < 1.29 is 9.21 Å². The molecule has 0 atom stereocenters. The maximum Gasteiger partial charge on any atom is 0.254 e. The fraction of sp³-hybridized carbons (Fsp3) is 0.500. The van der Waals surface area contributed by atoms with Crippen molar-refractivity contribution in [2.24, 2.45) is 0 Å². The highest BCUT2D eigenvalue weighted by Gasteiger charge is 2.18. The summed E-state index contributed by atoms with van der Waals surface area (Å²) in [4.78, 5) is 11.6. The number of nitrogens with one attached hydrogen (secondary N) is 1. The van der Waals surface area contributed by atoms with Gasteiger partial charge in [-0.2, -0.15) is 0 Å². The second-order valence-corrected chi connectivity index (χ2v) is 4.38. The molecule has 14 heavy (non-hydrogen) atoms. The van der Waals surface area contributed by atoms with Crippen LogP contribution in [0.3, 0.4) is 0 Å². The lowest BCUT2D eigenvalue weighted by molar-refractivity contribution is 0.0937. The van der Waals surface area contributed by atoms with Crippen LogP contribution in [0.15, 0.2) is 21.4 Å². The van der Waals surface area contributed by atoms with E-state index >= 15 is 0 Å². The van der Waals surface area contributed by atoms with Crippen LogP contribution in [-0.4, -0.2) is 11.9 Å². The van der Waals surface area contributed by atoms with Crippen molar-refractivity contribution in [2.75, 3.05) is 0 Å². The van der Waals surface area contributed by atoms with Crippen LogP contribution in [0.25, 0.3) is 0 Å². The number of carbonyl (C=O) groups excluding carboxylic acids is 1. The molecular weight excluding hydrogens is 246 g/mol. The van der Waals surface area contributed by atoms with E-state index in [9.17, 15) is 4.79 Å². The van der Waals surface area contributed by atoms with Crippen LogP contribution < -0.4 is 5.32 Å². The zero-order valence-electron chi connectivity index (χ0n) is 7.75. The Bertz CT molecular complexity index is 329. The highest BCUT2D eigenvalue weighted by Crippen LogP contribution is 2.19. The summed E-state index contributed by atoms with van der Waals surface area (Å²) in [7, 11) is 0. The standard InChI is InChI=1S/C10H12BrNO2/c11-9-5-7(6-14-9)10(13)12-8-3-1-2-4-8/h5-6,8H,1-4H2,(H,12,13). The van der Waals surface area contributed by atoms with Gasteiger partial charge in [-0.1, -0.05) is 12.8 Å². The van der Waals surface area contributed by atoms with E-state index in [0.29, 0.717) is 16.3 Å². The van der Waals surface area contributed by atoms with E-state index < -0.39 is 0 Å². The number of hydrogen-bond acceptors (Lipinski definition) is 2. The summed E-state index contributed by atoms with van der Waals surface area (Å²) in [6, 6.07) is 2.04. The van der Waals surface area contributed by atoms with Crippen molar-refractivity contribution in [3.05, 3.63) is 22.6 Å². The van der Waals surface area contributed by atoms with Crippen LogP contribution in [0.1, 0.15) is 36.0 Å². The maximum absolute atomic E-state index is 11.6. The minimum absolute atomic E-state index is 0.0358. The Morgan fingerprint density at radius 2 is 2.21 bits per heavy atom. The van der Waals surface area contributed by atoms with Crippen molar-refractivity contribution in [1.29, 1.82) is 0 Å². The van der Waals surface area contributed by atoms with Gasteiger partial charge in [-0.05, 0) is 28.8 Å². The summed E-state index contributed by atoms with van der Waals surface area (Å²) in [6.07, 6.45) is 6.12. The molecule has 1 heterocycles. The minimum Gasteiger partial charge on any atom is -0.457 e. The smallest absolute Gasteiger partial charge is 0.254 e. The minimum atomic E-state index is -0.0358. The average molecular weight is 258 g/mol. The van der Waals surface area contributed by atoms with Gasteiger partial charge >= 0.3 is 0 Å². The molecule has 1 aliphatic carbocycles. The van der Waals surface area contributed by atoms with Crippen LogP contribution in [0.4, 0.5) is 0 Å². The van der Waals surface area contributed by atoms with E-state index in [1.165, 1.54) is 19.1 Å². The molecule has 1 saturated carbocycles. The van der Waals surface area contributed by atoms with Gasteiger partial charge in [0.25, 0.3) is 5.91 Å². The lowest BCUT2D eigenvalue weighted by atomic mass is 10.2. The molecule has 0 aliphatic heterocycles. The molecular formula is C10H12BrNO2. The van der Waals surface area contributed by atoms with Crippen LogP contribution in [0.5, 0.6) is 0 Å². The van der Waals surface area contributed by atoms with Crippen LogP contribution in [-0.2, 0) is 0 Å². The first-order chi connectivity index (χ1) is 6.75. The Morgan fingerprint density at radius 1 is 1.50 bits per heavy atom. The molecule has 1 aromatic rings. The molecule has 1 aromatic heterocycles. The molecule has 76 valence electrons. The molecule has 2 rings (SSSR count). The first-order valence-corrected chi connectivity index (χ1v) is 5.60. The summed E-state index contributed by atoms with van der Waals surface area (Å²) in [5.41, 5.74) is 0.587. The van der Waals surface area contributed by atoms with E-state index in [0.717, 1.165) is 12.8 Å². The topological polar surface area (TPSA) is 42.2 Å². The third kappa shape index (κ3) is 2.18. The number of halogens is 1. The normalized spacial score (nSPS) is 17.2. The molecule has 1 fully saturated rings. The van der Waals surface area contributed by atoms with Crippen molar-refractivity contribution >= 4 is 21.8 Å². The van der Waals surface area contributed by atoms with Crippen molar-refractivity contribution in [3.8, 4) is 0 Å². The molecule has 4 heteroatoms. The molecule has 0 bridgehead atoms. The zero-order valence-corrected chi connectivity index (χ0v) is 9.34. The molecule has 0 saturated heterocycles. The third-order valence-electron chi connectivity index (χ3n) is 2.52. The Balaban J connectivity index is 1.95. The molecule has 1 aliphatic rings. The highest BCUT2D eigenvalue weighted by atomic mass is 79.9. The van der Waals surface area contributed by atoms with Crippen LogP contribution in [0.2, 0.25) is 0 Å². The summed E-state index contributed by atoms with van der Waals surface area (Å²) < 4.78 is 5.60. The monoisotopic (exact) mass is 257 g/mol. The number of rotatable bonds is 2. The van der Waals surface area contributed by atoms with Gasteiger partial charge in [-0.3, -0.25) is 4.79 Å². The second kappa shape index (κ2) is 4.17. The van der Waals surface area contributed by atoms with Crippen LogP contribution >= 0.6 is 15.9 Å². The first-order valence-electron chi connectivity index (χ1n) is 4.80. The number of carbonyl (C=O) groups is 1. The van der Waals surface area contributed by atoms with Gasteiger partial charge < -0.3 is 9.73 Å². The summed E-state index contributed by atoms with van der Waals surface area (Å²) in [5, 5.41) is 2.99. The zero-order chi connectivity index (χ0) is 9.97. The summed E-state index contributed by atoms with van der Waals surface area (Å²) >= 11 is 3.17. The van der Waals surface area contributed by atoms with E-state index in [-0.39, 0.29) is 5.91 Å².